The van der Waals surface area contributed by atoms with Crippen LogP contribution >= 0.6 is 15.8 Å². The van der Waals surface area contributed by atoms with Crippen LogP contribution < -0.4 is 67.3 Å². The molecule has 0 heterocycles. The predicted molar refractivity (Wildman–Crippen MR) is 211 cm³/mol. The van der Waals surface area contributed by atoms with Crippen LogP contribution in [0.1, 0.15) is 46.4 Å². The fourth-order valence-corrected chi connectivity index (χ4v) is 11.7. The minimum absolute atomic E-state index is 0. The molecule has 2 unspecified atom stereocenters. The fourth-order valence-electron chi connectivity index (χ4n) is 6.85. The van der Waals surface area contributed by atoms with Crippen molar-refractivity contribution in [2.24, 2.45) is 0 Å². The molecule has 6 aromatic rings. The summed E-state index contributed by atoms with van der Waals surface area (Å²) in [5.74, 6) is -0.189. The Bertz CT molecular complexity index is 1820. The third-order valence-electron chi connectivity index (χ3n) is 9.24. The molecule has 9 heteroatoms. The van der Waals surface area contributed by atoms with Gasteiger partial charge in [-0.25, -0.2) is 0 Å². The van der Waals surface area contributed by atoms with Crippen LogP contribution in [-0.4, -0.2) is 23.9 Å². The van der Waals surface area contributed by atoms with Crippen LogP contribution in [0.25, 0.3) is 0 Å². The zero-order chi connectivity index (χ0) is 34.1. The molecule has 270 valence electrons. The Labute approximate surface area is 340 Å². The second-order valence-corrected chi connectivity index (χ2v) is 16.9. The van der Waals surface area contributed by atoms with E-state index < -0.39 is 15.8 Å². The molecule has 2 amide bonds. The molecule has 2 atom stereocenters. The van der Waals surface area contributed by atoms with Gasteiger partial charge in [-0.1, -0.05) is 171 Å². The Morgan fingerprint density at radius 1 is 0.415 bits per heavy atom. The van der Waals surface area contributed by atoms with Crippen molar-refractivity contribution in [2.75, 3.05) is 0 Å². The van der Waals surface area contributed by atoms with Crippen molar-refractivity contribution in [1.82, 2.24) is 10.6 Å². The number of carbonyl (C=O) groups is 2. The molecule has 6 aromatic carbocycles. The fraction of sp³-hybridized carbons (Fsp3) is 0.136. The number of halogens is 2. The quantitative estimate of drug-likeness (QED) is 0.158. The zero-order valence-corrected chi connectivity index (χ0v) is 34.0. The summed E-state index contributed by atoms with van der Waals surface area (Å²) in [4.78, 5) is 28.5. The first kappa shape index (κ1) is 42.1. The topological polar surface area (TPSA) is 58.2 Å². The molecule has 7 rings (SSSR count). The molecule has 0 spiro atoms. The van der Waals surface area contributed by atoms with Crippen molar-refractivity contribution in [3.8, 4) is 0 Å². The first-order valence-corrected chi connectivity index (χ1v) is 20.0. The first-order chi connectivity index (χ1) is 24.7. The van der Waals surface area contributed by atoms with Gasteiger partial charge in [0.15, 0.2) is 0 Å². The van der Waals surface area contributed by atoms with Gasteiger partial charge in [-0.05, 0) is 72.6 Å². The average Bonchev–Trinajstić information content (AvgIpc) is 3.18. The molecular weight excluding hydrogens is 822 g/mol. The van der Waals surface area contributed by atoms with Gasteiger partial charge in [-0.2, -0.15) is 0 Å². The van der Waals surface area contributed by atoms with Crippen LogP contribution in [0.3, 0.4) is 0 Å². The van der Waals surface area contributed by atoms with Crippen molar-refractivity contribution in [3.05, 3.63) is 181 Å². The molecule has 1 aliphatic rings. The Morgan fingerprint density at radius 2 is 0.679 bits per heavy atom. The number of carbonyl (C=O) groups excluding carboxylic acids is 2. The van der Waals surface area contributed by atoms with E-state index in [9.17, 15) is 9.59 Å². The monoisotopic (exact) mass is 862 g/mol. The summed E-state index contributed by atoms with van der Waals surface area (Å²) in [7, 11) is -1.91. The van der Waals surface area contributed by atoms with Crippen LogP contribution in [0.15, 0.2) is 170 Å². The molecule has 1 saturated carbocycles. The summed E-state index contributed by atoms with van der Waals surface area (Å²) >= 11 is 0. The summed E-state index contributed by atoms with van der Waals surface area (Å²) in [6.45, 7) is 0. The number of nitrogens with one attached hydrogen (secondary N) is 2. The Kier molecular flexibility index (Phi) is 16.4. The van der Waals surface area contributed by atoms with Gasteiger partial charge in [-0.3, -0.25) is 9.59 Å². The molecule has 53 heavy (non-hydrogen) atoms. The average molecular weight is 863 g/mol. The molecular formula is C44H40Cl2N2O2P2Ru. The first-order valence-electron chi connectivity index (χ1n) is 17.3. The van der Waals surface area contributed by atoms with E-state index in [2.05, 4.69) is 120 Å². The van der Waals surface area contributed by atoms with E-state index in [1.54, 1.807) is 0 Å². The molecule has 2 N–H and O–H groups in total. The SMILES string of the molecule is O=C(NC1CCCCC1NC(=O)c1ccccc1P(c1ccccc1)c1ccccc1)c1ccccc1P(c1ccccc1)c1ccccc1.[Cl-].[Cl-].[Ru+2]. The predicted octanol–water partition coefficient (Wildman–Crippen LogP) is 0.680. The van der Waals surface area contributed by atoms with E-state index >= 15 is 0 Å². The van der Waals surface area contributed by atoms with Gasteiger partial charge in [0, 0.05) is 23.2 Å². The van der Waals surface area contributed by atoms with Gasteiger partial charge < -0.3 is 35.4 Å². The number of hydrogen-bond acceptors (Lipinski definition) is 2. The summed E-state index contributed by atoms with van der Waals surface area (Å²) in [6, 6.07) is 57.5. The number of benzene rings is 6. The van der Waals surface area contributed by atoms with Crippen LogP contribution in [-0.2, 0) is 19.5 Å². The van der Waals surface area contributed by atoms with Gasteiger partial charge >= 0.3 is 19.5 Å². The maximum atomic E-state index is 14.2. The molecule has 0 saturated heterocycles. The maximum Gasteiger partial charge on any atom is 2.00 e. The summed E-state index contributed by atoms with van der Waals surface area (Å²) in [5, 5.41) is 13.6. The van der Waals surface area contributed by atoms with Gasteiger partial charge in [0.25, 0.3) is 11.8 Å². The van der Waals surface area contributed by atoms with Gasteiger partial charge in [0.2, 0.25) is 0 Å². The molecule has 4 nitrogen and oxygen atoms in total. The van der Waals surface area contributed by atoms with E-state index in [1.807, 2.05) is 60.7 Å². The Balaban J connectivity index is 0.00000209. The number of hydrogen-bond donors (Lipinski definition) is 2. The minimum atomic E-state index is -0.955. The second-order valence-electron chi connectivity index (χ2n) is 12.5. The van der Waals surface area contributed by atoms with Crippen molar-refractivity contribution < 1.29 is 53.9 Å². The van der Waals surface area contributed by atoms with Crippen molar-refractivity contribution in [3.63, 3.8) is 0 Å². The molecule has 0 radical (unpaired) electrons. The molecule has 0 bridgehead atoms. The van der Waals surface area contributed by atoms with E-state index in [0.29, 0.717) is 11.1 Å². The van der Waals surface area contributed by atoms with Crippen LogP contribution in [0.2, 0.25) is 0 Å². The third-order valence-corrected chi connectivity index (χ3v) is 14.2. The Hall–Kier alpha value is -3.68. The van der Waals surface area contributed by atoms with E-state index in [1.165, 1.54) is 21.2 Å². The second kappa shape index (κ2) is 20.7. The molecule has 1 aliphatic carbocycles. The Morgan fingerprint density at radius 3 is 0.981 bits per heavy atom. The van der Waals surface area contributed by atoms with Crippen molar-refractivity contribution in [2.45, 2.75) is 37.8 Å². The third kappa shape index (κ3) is 10.1. The van der Waals surface area contributed by atoms with Crippen molar-refractivity contribution >= 4 is 59.5 Å². The minimum Gasteiger partial charge on any atom is -1.00 e. The van der Waals surface area contributed by atoms with Crippen LogP contribution in [0.4, 0.5) is 0 Å². The zero-order valence-electron chi connectivity index (χ0n) is 29.0. The largest absolute Gasteiger partial charge is 2.00 e. The number of rotatable bonds is 10. The normalized spacial score (nSPS) is 14.9. The number of amides is 2. The molecule has 1 fully saturated rings. The van der Waals surface area contributed by atoms with Gasteiger partial charge in [0.05, 0.1) is 0 Å². The summed E-state index contributed by atoms with van der Waals surface area (Å²) in [5.41, 5.74) is 1.37. The van der Waals surface area contributed by atoms with E-state index in [0.717, 1.165) is 36.3 Å². The van der Waals surface area contributed by atoms with Crippen LogP contribution in [0, 0.1) is 0 Å². The standard InChI is InChI=1S/C44H40N2O2P2.2ClH.Ru/c47-43(37-27-13-17-31-41(37)49(33-19-5-1-6-20-33)34-21-7-2-8-22-34)45-39-29-15-16-30-40(39)46-44(48)38-28-14-18-32-42(38)50(35-23-9-3-10-24-35)36-25-11-4-12-26-36;;;/h1-14,17-28,31-32,39-40H,15-16,29-30H2,(H,45,47)(H,46,48);2*1H;/q;;;+2/p-2. The smallest absolute Gasteiger partial charge is 1.00 e. The van der Waals surface area contributed by atoms with Gasteiger partial charge in [0.1, 0.15) is 0 Å². The van der Waals surface area contributed by atoms with Crippen molar-refractivity contribution in [1.29, 1.82) is 0 Å². The summed E-state index contributed by atoms with van der Waals surface area (Å²) < 4.78 is 0. The van der Waals surface area contributed by atoms with E-state index in [4.69, 9.17) is 0 Å². The van der Waals surface area contributed by atoms with Crippen LogP contribution in [0.5, 0.6) is 0 Å². The molecule has 0 aliphatic heterocycles. The molecule has 0 aromatic heterocycles. The summed E-state index contributed by atoms with van der Waals surface area (Å²) in [6.07, 6.45) is 3.63. The maximum absolute atomic E-state index is 14.2. The van der Waals surface area contributed by atoms with E-state index in [-0.39, 0.29) is 68.2 Å². The van der Waals surface area contributed by atoms with Gasteiger partial charge in [-0.15, -0.1) is 0 Å².